The second-order valence-electron chi connectivity index (χ2n) is 7.28. The lowest BCUT2D eigenvalue weighted by Gasteiger charge is -2.36. The van der Waals surface area contributed by atoms with Gasteiger partial charge in [0.05, 0.1) is 6.04 Å². The molecule has 0 radical (unpaired) electrons. The van der Waals surface area contributed by atoms with Crippen molar-refractivity contribution in [1.82, 2.24) is 4.90 Å². The predicted octanol–water partition coefficient (Wildman–Crippen LogP) is 4.94. The lowest BCUT2D eigenvalue weighted by Crippen LogP contribution is -2.43. The Morgan fingerprint density at radius 3 is 1.85 bits per heavy atom. The lowest BCUT2D eigenvalue weighted by molar-refractivity contribution is 0.0629. The molecule has 5 rings (SSSR count). The summed E-state index contributed by atoms with van der Waals surface area (Å²) in [6.07, 6.45) is 0.733. The van der Waals surface area contributed by atoms with Crippen LogP contribution in [0, 0.1) is 0 Å². The van der Waals surface area contributed by atoms with E-state index in [1.165, 1.54) is 5.56 Å². The number of hydrogen-bond acceptors (Lipinski definition) is 2. The maximum Gasteiger partial charge on any atom is 0.411 e. The van der Waals surface area contributed by atoms with Crippen LogP contribution >= 0.6 is 0 Å². The van der Waals surface area contributed by atoms with Gasteiger partial charge in [0.2, 0.25) is 0 Å². The van der Waals surface area contributed by atoms with Crippen LogP contribution < -0.4 is 0 Å². The van der Waals surface area contributed by atoms with Gasteiger partial charge in [0, 0.05) is 23.6 Å². The monoisotopic (exact) mass is 355 g/mol. The first kappa shape index (κ1) is 16.1. The van der Waals surface area contributed by atoms with E-state index in [0.717, 1.165) is 24.1 Å². The highest BCUT2D eigenvalue weighted by atomic mass is 16.6. The van der Waals surface area contributed by atoms with Gasteiger partial charge >= 0.3 is 6.09 Å². The van der Waals surface area contributed by atoms with Crippen molar-refractivity contribution in [3.8, 4) is 0 Å². The number of nitrogens with zero attached hydrogens (tertiary/aromatic N) is 1. The Hall–Kier alpha value is -3.07. The molecule has 134 valence electrons. The summed E-state index contributed by atoms with van der Waals surface area (Å²) in [5.41, 5.74) is 2.52. The molecule has 3 nitrogen and oxygen atoms in total. The topological polar surface area (TPSA) is 29.5 Å². The number of rotatable bonds is 3. The molecule has 3 heteroatoms. The van der Waals surface area contributed by atoms with Crippen LogP contribution in [0.3, 0.4) is 0 Å². The number of carbonyl (C=O) groups is 1. The minimum Gasteiger partial charge on any atom is -0.431 e. The van der Waals surface area contributed by atoms with E-state index in [0.29, 0.717) is 0 Å². The second kappa shape index (κ2) is 6.27. The molecule has 0 aromatic heterocycles. The number of ether oxygens (including phenoxy) is 1. The van der Waals surface area contributed by atoms with E-state index >= 15 is 0 Å². The van der Waals surface area contributed by atoms with Gasteiger partial charge in [-0.2, -0.15) is 0 Å². The quantitative estimate of drug-likeness (QED) is 0.666. The minimum absolute atomic E-state index is 0.0581. The lowest BCUT2D eigenvalue weighted by atomic mass is 9.74. The van der Waals surface area contributed by atoms with E-state index in [1.807, 2.05) is 47.4 Å². The molecule has 2 aliphatic rings. The molecule has 0 N–H and O–H groups in total. The fraction of sp³-hybridized carbons (Fsp3) is 0.208. The van der Waals surface area contributed by atoms with Crippen LogP contribution in [0.4, 0.5) is 4.79 Å². The van der Waals surface area contributed by atoms with Crippen LogP contribution in [0.5, 0.6) is 0 Å². The largest absolute Gasteiger partial charge is 0.431 e. The van der Waals surface area contributed by atoms with E-state index in [2.05, 4.69) is 48.5 Å². The molecule has 0 bridgehead atoms. The van der Waals surface area contributed by atoms with Crippen molar-refractivity contribution < 1.29 is 9.53 Å². The molecule has 27 heavy (non-hydrogen) atoms. The first-order valence-corrected chi connectivity index (χ1v) is 9.46. The Morgan fingerprint density at radius 2 is 1.30 bits per heavy atom. The molecule has 0 unspecified atom stereocenters. The van der Waals surface area contributed by atoms with E-state index in [4.69, 9.17) is 4.74 Å². The summed E-state index contributed by atoms with van der Waals surface area (Å²) in [5.74, 6) is 0.234. The van der Waals surface area contributed by atoms with Crippen molar-refractivity contribution in [1.29, 1.82) is 0 Å². The number of hydrogen-bond donors (Lipinski definition) is 0. The molecule has 1 amide bonds. The molecule has 3 aromatic rings. The van der Waals surface area contributed by atoms with Crippen LogP contribution in [0.2, 0.25) is 0 Å². The summed E-state index contributed by atoms with van der Waals surface area (Å²) in [4.78, 5) is 14.8. The number of cyclic esters (lactones) is 1. The molecule has 0 saturated carbocycles. The SMILES string of the molecule is O=C1OC(c2ccccc2)(c2ccccc2)[C@H]2[C@@H](c3ccccc3)CCN12. The van der Waals surface area contributed by atoms with Crippen LogP contribution in [0.25, 0.3) is 0 Å². The van der Waals surface area contributed by atoms with Crippen molar-refractivity contribution in [2.45, 2.75) is 24.0 Å². The molecule has 2 saturated heterocycles. The van der Waals surface area contributed by atoms with E-state index in [1.54, 1.807) is 0 Å². The third-order valence-electron chi connectivity index (χ3n) is 5.93. The maximum absolute atomic E-state index is 12.9. The van der Waals surface area contributed by atoms with Crippen molar-refractivity contribution in [3.63, 3.8) is 0 Å². The van der Waals surface area contributed by atoms with Gasteiger partial charge in [-0.1, -0.05) is 91.0 Å². The molecule has 2 aliphatic heterocycles. The Balaban J connectivity index is 1.73. The average molecular weight is 355 g/mol. The highest BCUT2D eigenvalue weighted by Gasteiger charge is 2.61. The molecule has 2 heterocycles. The van der Waals surface area contributed by atoms with Crippen LogP contribution in [-0.4, -0.2) is 23.6 Å². The number of amides is 1. The fourth-order valence-electron chi connectivity index (χ4n) is 4.80. The molecule has 2 atom stereocenters. The van der Waals surface area contributed by atoms with Gasteiger partial charge in [0.15, 0.2) is 5.60 Å². The third kappa shape index (κ3) is 2.38. The Kier molecular flexibility index (Phi) is 3.75. The van der Waals surface area contributed by atoms with Gasteiger partial charge in [-0.25, -0.2) is 4.79 Å². The summed E-state index contributed by atoms with van der Waals surface area (Å²) in [7, 11) is 0. The van der Waals surface area contributed by atoms with Crippen LogP contribution in [0.15, 0.2) is 91.0 Å². The fourth-order valence-corrected chi connectivity index (χ4v) is 4.80. The average Bonchev–Trinajstić information content (AvgIpc) is 3.31. The normalized spacial score (nSPS) is 23.1. The Morgan fingerprint density at radius 1 is 0.778 bits per heavy atom. The van der Waals surface area contributed by atoms with Gasteiger partial charge in [0.25, 0.3) is 0 Å². The molecule has 0 aliphatic carbocycles. The second-order valence-corrected chi connectivity index (χ2v) is 7.28. The van der Waals surface area contributed by atoms with Gasteiger partial charge in [-0.3, -0.25) is 4.90 Å². The summed E-state index contributed by atoms with van der Waals surface area (Å²) in [6.45, 7) is 0.727. The first-order valence-electron chi connectivity index (χ1n) is 9.46. The van der Waals surface area contributed by atoms with Crippen LogP contribution in [0.1, 0.15) is 29.0 Å². The van der Waals surface area contributed by atoms with Crippen molar-refractivity contribution in [2.24, 2.45) is 0 Å². The van der Waals surface area contributed by atoms with Gasteiger partial charge in [-0.05, 0) is 12.0 Å². The summed E-state index contributed by atoms with van der Waals surface area (Å²) in [5, 5.41) is 0. The Bertz CT molecular complexity index is 900. The molecule has 2 fully saturated rings. The highest BCUT2D eigenvalue weighted by Crippen LogP contribution is 2.53. The van der Waals surface area contributed by atoms with Gasteiger partial charge < -0.3 is 4.74 Å². The van der Waals surface area contributed by atoms with Crippen LogP contribution in [-0.2, 0) is 10.3 Å². The maximum atomic E-state index is 12.9. The zero-order valence-corrected chi connectivity index (χ0v) is 15.0. The minimum atomic E-state index is -0.795. The Labute approximate surface area is 159 Å². The summed E-state index contributed by atoms with van der Waals surface area (Å²) < 4.78 is 6.23. The predicted molar refractivity (Wildman–Crippen MR) is 104 cm³/mol. The van der Waals surface area contributed by atoms with Gasteiger partial charge in [0.1, 0.15) is 0 Å². The zero-order valence-electron chi connectivity index (χ0n) is 15.0. The van der Waals surface area contributed by atoms with Crippen molar-refractivity contribution >= 4 is 6.09 Å². The molecular formula is C24H21NO2. The third-order valence-corrected chi connectivity index (χ3v) is 5.93. The van der Waals surface area contributed by atoms with E-state index in [9.17, 15) is 4.79 Å². The molecule has 0 spiro atoms. The number of benzene rings is 3. The molecular weight excluding hydrogens is 334 g/mol. The van der Waals surface area contributed by atoms with E-state index in [-0.39, 0.29) is 18.1 Å². The van der Waals surface area contributed by atoms with E-state index < -0.39 is 5.60 Å². The highest BCUT2D eigenvalue weighted by molar-refractivity contribution is 5.75. The summed E-state index contributed by atoms with van der Waals surface area (Å²) in [6, 6.07) is 30.8. The van der Waals surface area contributed by atoms with Crippen molar-refractivity contribution in [3.05, 3.63) is 108 Å². The smallest absolute Gasteiger partial charge is 0.411 e. The zero-order chi connectivity index (χ0) is 18.3. The van der Waals surface area contributed by atoms with Crippen molar-refractivity contribution in [2.75, 3.05) is 6.54 Å². The number of fused-ring (bicyclic) bond motifs is 1. The summed E-state index contributed by atoms with van der Waals surface area (Å²) >= 11 is 0. The number of carbonyl (C=O) groups excluding carboxylic acids is 1. The first-order chi connectivity index (χ1) is 13.3. The standard InChI is InChI=1S/C24H21NO2/c26-23-25-17-16-21(18-10-4-1-5-11-18)22(25)24(27-23,19-12-6-2-7-13-19)20-14-8-3-9-15-20/h1-15,21-22H,16-17H2/t21-,22-/m1/s1. The van der Waals surface area contributed by atoms with Gasteiger partial charge in [-0.15, -0.1) is 0 Å². The molecule has 3 aromatic carbocycles.